The van der Waals surface area contributed by atoms with Crippen molar-refractivity contribution in [2.45, 2.75) is 12.5 Å². The van der Waals surface area contributed by atoms with E-state index >= 15 is 0 Å². The van der Waals surface area contributed by atoms with Crippen LogP contribution in [0, 0.1) is 0 Å². The lowest BCUT2D eigenvalue weighted by Crippen LogP contribution is -2.19. The molecule has 4 aromatic rings. The van der Waals surface area contributed by atoms with E-state index in [1.807, 2.05) is 48.5 Å². The summed E-state index contributed by atoms with van der Waals surface area (Å²) in [4.78, 5) is 9.73. The van der Waals surface area contributed by atoms with Crippen molar-refractivity contribution in [3.63, 3.8) is 0 Å². The van der Waals surface area contributed by atoms with Gasteiger partial charge in [0, 0.05) is 23.2 Å². The van der Waals surface area contributed by atoms with E-state index in [-0.39, 0.29) is 6.04 Å². The van der Waals surface area contributed by atoms with E-state index in [1.165, 1.54) is 5.56 Å². The predicted molar refractivity (Wildman–Crippen MR) is 115 cm³/mol. The Labute approximate surface area is 169 Å². The molecule has 2 heterocycles. The van der Waals surface area contributed by atoms with E-state index in [0.717, 1.165) is 39.9 Å². The van der Waals surface area contributed by atoms with Crippen LogP contribution in [-0.4, -0.2) is 15.3 Å². The van der Waals surface area contributed by atoms with Gasteiger partial charge in [-0.15, -0.1) is 0 Å². The molecular formula is C24H18ClN3. The van der Waals surface area contributed by atoms with Crippen molar-refractivity contribution in [3.8, 4) is 11.3 Å². The van der Waals surface area contributed by atoms with Gasteiger partial charge in [-0.25, -0.2) is 9.98 Å². The monoisotopic (exact) mass is 383 g/mol. The zero-order valence-electron chi connectivity index (χ0n) is 15.2. The maximum atomic E-state index is 6.07. The molecule has 0 fully saturated rings. The summed E-state index contributed by atoms with van der Waals surface area (Å²) < 4.78 is 2.19. The number of aromatic nitrogens is 2. The van der Waals surface area contributed by atoms with Crippen molar-refractivity contribution in [1.29, 1.82) is 0 Å². The SMILES string of the molecule is Clc1ccc(C2=Nc3nc(-c4ccccc4)cn3[C@@H](c3ccccc3)C2)cc1. The smallest absolute Gasteiger partial charge is 0.230 e. The molecule has 3 nitrogen and oxygen atoms in total. The second kappa shape index (κ2) is 7.10. The fourth-order valence-electron chi connectivity index (χ4n) is 3.67. The second-order valence-corrected chi connectivity index (χ2v) is 7.33. The highest BCUT2D eigenvalue weighted by molar-refractivity contribution is 6.30. The van der Waals surface area contributed by atoms with Gasteiger partial charge in [-0.2, -0.15) is 0 Å². The topological polar surface area (TPSA) is 30.2 Å². The number of hydrogen-bond acceptors (Lipinski definition) is 2. The molecule has 0 saturated heterocycles. The van der Waals surface area contributed by atoms with Gasteiger partial charge in [-0.1, -0.05) is 84.4 Å². The number of fused-ring (bicyclic) bond motifs is 1. The molecule has 0 spiro atoms. The van der Waals surface area contributed by atoms with Crippen LogP contribution in [0.5, 0.6) is 0 Å². The lowest BCUT2D eigenvalue weighted by molar-refractivity contribution is 0.596. The molecule has 1 aliphatic rings. The molecule has 0 unspecified atom stereocenters. The normalized spacial score (nSPS) is 15.8. The van der Waals surface area contributed by atoms with E-state index in [9.17, 15) is 0 Å². The molecule has 0 aliphatic carbocycles. The minimum absolute atomic E-state index is 0.157. The van der Waals surface area contributed by atoms with Gasteiger partial charge in [0.05, 0.1) is 17.4 Å². The van der Waals surface area contributed by atoms with Crippen LogP contribution < -0.4 is 0 Å². The summed E-state index contributed by atoms with van der Waals surface area (Å²) in [6, 6.07) is 28.8. The Morgan fingerprint density at radius 1 is 0.786 bits per heavy atom. The molecule has 1 aromatic heterocycles. The largest absolute Gasteiger partial charge is 0.307 e. The molecular weight excluding hydrogens is 366 g/mol. The number of halogens is 1. The van der Waals surface area contributed by atoms with Gasteiger partial charge < -0.3 is 4.57 Å². The third kappa shape index (κ3) is 3.14. The number of rotatable bonds is 3. The summed E-state index contributed by atoms with van der Waals surface area (Å²) in [6.45, 7) is 0. The number of benzene rings is 3. The third-order valence-electron chi connectivity index (χ3n) is 5.10. The van der Waals surface area contributed by atoms with E-state index in [4.69, 9.17) is 21.6 Å². The molecule has 0 amide bonds. The molecule has 0 bridgehead atoms. The van der Waals surface area contributed by atoms with Crippen molar-refractivity contribution in [1.82, 2.24) is 9.55 Å². The Kier molecular flexibility index (Phi) is 4.30. The van der Waals surface area contributed by atoms with Crippen LogP contribution in [0.2, 0.25) is 5.02 Å². The van der Waals surface area contributed by atoms with Gasteiger partial charge in [0.15, 0.2) is 0 Å². The van der Waals surface area contributed by atoms with Gasteiger partial charge in [0.25, 0.3) is 0 Å². The Bertz CT molecular complexity index is 1130. The third-order valence-corrected chi connectivity index (χ3v) is 5.35. The van der Waals surface area contributed by atoms with Crippen molar-refractivity contribution in [3.05, 3.63) is 107 Å². The van der Waals surface area contributed by atoms with Crippen molar-refractivity contribution >= 4 is 23.3 Å². The van der Waals surface area contributed by atoms with Gasteiger partial charge in [-0.05, 0) is 23.3 Å². The Morgan fingerprint density at radius 3 is 2.18 bits per heavy atom. The number of aliphatic imine (C=N–C) groups is 1. The lowest BCUT2D eigenvalue weighted by Gasteiger charge is -2.25. The van der Waals surface area contributed by atoms with Crippen LogP contribution in [0.1, 0.15) is 23.6 Å². The summed E-state index contributed by atoms with van der Waals surface area (Å²) in [5.41, 5.74) is 5.41. The standard InChI is InChI=1S/C24H18ClN3/c25-20-13-11-18(12-14-20)21-15-23(19-9-5-2-6-10-19)28-16-22(27-24(28)26-21)17-7-3-1-4-8-17/h1-14,16,23H,15H2/t23-/m1/s1. The molecule has 4 heteroatoms. The highest BCUT2D eigenvalue weighted by Gasteiger charge is 2.26. The Hall–Kier alpha value is -3.17. The summed E-state index contributed by atoms with van der Waals surface area (Å²) in [6.07, 6.45) is 2.92. The molecule has 1 atom stereocenters. The van der Waals surface area contributed by atoms with Crippen LogP contribution >= 0.6 is 11.6 Å². The number of hydrogen-bond donors (Lipinski definition) is 0. The van der Waals surface area contributed by atoms with Gasteiger partial charge in [0.2, 0.25) is 5.95 Å². The van der Waals surface area contributed by atoms with E-state index in [0.29, 0.717) is 0 Å². The van der Waals surface area contributed by atoms with Crippen LogP contribution in [0.3, 0.4) is 0 Å². The average molecular weight is 384 g/mol. The molecule has 3 aromatic carbocycles. The molecule has 28 heavy (non-hydrogen) atoms. The predicted octanol–water partition coefficient (Wildman–Crippen LogP) is 6.32. The Balaban J connectivity index is 1.64. The van der Waals surface area contributed by atoms with Crippen LogP contribution in [-0.2, 0) is 0 Å². The van der Waals surface area contributed by atoms with Crippen molar-refractivity contribution in [2.24, 2.45) is 4.99 Å². The fraction of sp³-hybridized carbons (Fsp3) is 0.0833. The number of imidazole rings is 1. The van der Waals surface area contributed by atoms with Crippen LogP contribution in [0.25, 0.3) is 11.3 Å². The average Bonchev–Trinajstić information content (AvgIpc) is 3.19. The van der Waals surface area contributed by atoms with E-state index in [2.05, 4.69) is 47.2 Å². The minimum Gasteiger partial charge on any atom is -0.307 e. The van der Waals surface area contributed by atoms with E-state index < -0.39 is 0 Å². The zero-order chi connectivity index (χ0) is 18.9. The quantitative estimate of drug-likeness (QED) is 0.407. The lowest BCUT2D eigenvalue weighted by atomic mass is 9.96. The highest BCUT2D eigenvalue weighted by atomic mass is 35.5. The summed E-state index contributed by atoms with van der Waals surface area (Å²) in [5.74, 6) is 0.740. The first-order valence-electron chi connectivity index (χ1n) is 9.31. The van der Waals surface area contributed by atoms with Crippen molar-refractivity contribution in [2.75, 3.05) is 0 Å². The zero-order valence-corrected chi connectivity index (χ0v) is 15.9. The molecule has 0 N–H and O–H groups in total. The van der Waals surface area contributed by atoms with Crippen LogP contribution in [0.4, 0.5) is 5.95 Å². The van der Waals surface area contributed by atoms with E-state index in [1.54, 1.807) is 0 Å². The summed E-state index contributed by atoms with van der Waals surface area (Å²) in [7, 11) is 0. The van der Waals surface area contributed by atoms with Crippen molar-refractivity contribution < 1.29 is 0 Å². The first-order valence-corrected chi connectivity index (χ1v) is 9.68. The molecule has 0 saturated carbocycles. The Morgan fingerprint density at radius 2 is 1.46 bits per heavy atom. The second-order valence-electron chi connectivity index (χ2n) is 6.90. The van der Waals surface area contributed by atoms with Crippen LogP contribution in [0.15, 0.2) is 96.1 Å². The first-order chi connectivity index (χ1) is 13.8. The fourth-order valence-corrected chi connectivity index (χ4v) is 3.80. The first kappa shape index (κ1) is 17.0. The summed E-state index contributed by atoms with van der Waals surface area (Å²) >= 11 is 6.07. The molecule has 136 valence electrons. The summed E-state index contributed by atoms with van der Waals surface area (Å²) in [5, 5.41) is 0.729. The maximum absolute atomic E-state index is 6.07. The van der Waals surface area contributed by atoms with Gasteiger partial charge in [-0.3, -0.25) is 0 Å². The van der Waals surface area contributed by atoms with Gasteiger partial charge >= 0.3 is 0 Å². The minimum atomic E-state index is 0.157. The maximum Gasteiger partial charge on any atom is 0.230 e. The highest BCUT2D eigenvalue weighted by Crippen LogP contribution is 2.36. The molecule has 5 rings (SSSR count). The number of nitrogens with zero attached hydrogens (tertiary/aromatic N) is 3. The molecule has 1 aliphatic heterocycles. The molecule has 0 radical (unpaired) electrons. The van der Waals surface area contributed by atoms with Gasteiger partial charge in [0.1, 0.15) is 0 Å².